The maximum Gasteiger partial charge on any atom is 0.233 e. The summed E-state index contributed by atoms with van der Waals surface area (Å²) in [6.07, 6.45) is 2.33. The van der Waals surface area contributed by atoms with Crippen LogP contribution in [0, 0.1) is 0 Å². The number of nitrogens with zero attached hydrogens (tertiary/aromatic N) is 2. The van der Waals surface area contributed by atoms with Crippen LogP contribution in [0.3, 0.4) is 0 Å². The van der Waals surface area contributed by atoms with Crippen molar-refractivity contribution >= 4 is 39.2 Å². The number of fused-ring (bicyclic) bond motifs is 1. The van der Waals surface area contributed by atoms with Crippen LogP contribution in [0.4, 0.5) is 0 Å². The van der Waals surface area contributed by atoms with Gasteiger partial charge in [0, 0.05) is 6.54 Å². The molecule has 1 atom stereocenters. The second kappa shape index (κ2) is 8.31. The van der Waals surface area contributed by atoms with E-state index in [1.807, 2.05) is 42.6 Å². The third-order valence-electron chi connectivity index (χ3n) is 3.74. The number of ether oxygens (including phenoxy) is 1. The van der Waals surface area contributed by atoms with E-state index in [-0.39, 0.29) is 11.2 Å². The summed E-state index contributed by atoms with van der Waals surface area (Å²) in [7, 11) is 1.65. The summed E-state index contributed by atoms with van der Waals surface area (Å²) in [6.45, 7) is 2.50. The molecule has 0 aliphatic rings. The molecule has 0 saturated heterocycles. The average molecular weight is 374 g/mol. The topological polar surface area (TPSA) is 64.1 Å². The molecule has 0 aliphatic carbocycles. The van der Waals surface area contributed by atoms with E-state index in [4.69, 9.17) is 4.74 Å². The molecule has 2 heterocycles. The molecule has 3 aromatic rings. The number of amides is 1. The maximum atomic E-state index is 12.3. The Balaban J connectivity index is 1.51. The first-order valence-corrected chi connectivity index (χ1v) is 9.69. The minimum Gasteiger partial charge on any atom is -0.497 e. The highest BCUT2D eigenvalue weighted by atomic mass is 32.2. The zero-order valence-electron chi connectivity index (χ0n) is 14.1. The van der Waals surface area contributed by atoms with Crippen molar-refractivity contribution in [2.45, 2.75) is 23.6 Å². The Labute approximate surface area is 154 Å². The Morgan fingerprint density at radius 3 is 2.84 bits per heavy atom. The van der Waals surface area contributed by atoms with E-state index >= 15 is 0 Å². The van der Waals surface area contributed by atoms with Gasteiger partial charge in [-0.3, -0.25) is 4.79 Å². The van der Waals surface area contributed by atoms with E-state index in [9.17, 15) is 4.79 Å². The minimum absolute atomic E-state index is 0.0156. The molecular formula is C18H19N3O2S2. The normalized spacial score (nSPS) is 12.1. The first-order valence-electron chi connectivity index (χ1n) is 7.93. The molecule has 1 unspecified atom stereocenters. The highest BCUT2D eigenvalue weighted by molar-refractivity contribution is 8.00. The average Bonchev–Trinajstić information content (AvgIpc) is 3.12. The van der Waals surface area contributed by atoms with Crippen molar-refractivity contribution in [2.24, 2.45) is 0 Å². The van der Waals surface area contributed by atoms with Gasteiger partial charge in [-0.15, -0.1) is 11.3 Å². The van der Waals surface area contributed by atoms with E-state index in [0.717, 1.165) is 33.0 Å². The van der Waals surface area contributed by atoms with E-state index in [1.165, 1.54) is 11.8 Å². The number of carbonyl (C=O) groups is 1. The van der Waals surface area contributed by atoms with Gasteiger partial charge >= 0.3 is 0 Å². The van der Waals surface area contributed by atoms with Gasteiger partial charge in [-0.05, 0) is 42.5 Å². The second-order valence-corrected chi connectivity index (χ2v) is 7.71. The van der Waals surface area contributed by atoms with Crippen molar-refractivity contribution in [3.05, 3.63) is 47.6 Å². The lowest BCUT2D eigenvalue weighted by Crippen LogP contribution is -2.32. The molecule has 0 aliphatic heterocycles. The second-order valence-electron chi connectivity index (χ2n) is 5.46. The number of thiophene rings is 1. The fraction of sp³-hybridized carbons (Fsp3) is 0.278. The molecule has 25 heavy (non-hydrogen) atoms. The van der Waals surface area contributed by atoms with E-state index in [1.54, 1.807) is 24.8 Å². The largest absolute Gasteiger partial charge is 0.497 e. The fourth-order valence-electron chi connectivity index (χ4n) is 2.34. The number of benzene rings is 1. The fourth-order valence-corrected chi connectivity index (χ4v) is 4.20. The van der Waals surface area contributed by atoms with Gasteiger partial charge in [0.05, 0.1) is 22.6 Å². The number of hydrogen-bond acceptors (Lipinski definition) is 6. The third kappa shape index (κ3) is 4.49. The maximum absolute atomic E-state index is 12.3. The zero-order chi connectivity index (χ0) is 17.6. The molecule has 0 saturated carbocycles. The van der Waals surface area contributed by atoms with Crippen LogP contribution in [-0.2, 0) is 11.2 Å². The monoisotopic (exact) mass is 373 g/mol. The molecule has 1 aromatic carbocycles. The molecule has 1 N–H and O–H groups in total. The number of thioether (sulfide) groups is 1. The Bertz CT molecular complexity index is 849. The van der Waals surface area contributed by atoms with Crippen molar-refractivity contribution in [3.8, 4) is 5.75 Å². The van der Waals surface area contributed by atoms with Crippen molar-refractivity contribution in [1.29, 1.82) is 0 Å². The molecule has 130 valence electrons. The predicted molar refractivity (Wildman–Crippen MR) is 102 cm³/mol. The third-order valence-corrected chi connectivity index (χ3v) is 5.88. The van der Waals surface area contributed by atoms with Crippen molar-refractivity contribution in [3.63, 3.8) is 0 Å². The summed E-state index contributed by atoms with van der Waals surface area (Å²) in [6, 6.07) is 9.84. The summed E-state index contributed by atoms with van der Waals surface area (Å²) < 4.78 is 6.18. The van der Waals surface area contributed by atoms with E-state index in [2.05, 4.69) is 15.3 Å². The van der Waals surface area contributed by atoms with Crippen LogP contribution >= 0.6 is 23.1 Å². The number of rotatable bonds is 7. The van der Waals surface area contributed by atoms with Gasteiger partial charge in [-0.2, -0.15) is 0 Å². The van der Waals surface area contributed by atoms with Crippen LogP contribution in [0.25, 0.3) is 10.2 Å². The van der Waals surface area contributed by atoms with Crippen molar-refractivity contribution < 1.29 is 9.53 Å². The first-order chi connectivity index (χ1) is 12.2. The summed E-state index contributed by atoms with van der Waals surface area (Å²) in [4.78, 5) is 20.9. The molecule has 7 heteroatoms. The lowest BCUT2D eigenvalue weighted by atomic mass is 10.1. The van der Waals surface area contributed by atoms with Crippen LogP contribution in [-0.4, -0.2) is 34.8 Å². The Morgan fingerprint density at radius 2 is 2.08 bits per heavy atom. The Morgan fingerprint density at radius 1 is 1.28 bits per heavy atom. The first kappa shape index (κ1) is 17.7. The van der Waals surface area contributed by atoms with Crippen molar-refractivity contribution in [2.75, 3.05) is 13.7 Å². The molecule has 5 nitrogen and oxygen atoms in total. The van der Waals surface area contributed by atoms with Gasteiger partial charge in [0.25, 0.3) is 0 Å². The molecule has 0 fully saturated rings. The molecule has 0 bridgehead atoms. The quantitative estimate of drug-likeness (QED) is 0.507. The number of hydrogen-bond donors (Lipinski definition) is 1. The molecule has 1 amide bonds. The Hall–Kier alpha value is -2.12. The predicted octanol–water partition coefficient (Wildman–Crippen LogP) is 3.54. The van der Waals surface area contributed by atoms with Crippen LogP contribution in [0.15, 0.2) is 47.1 Å². The lowest BCUT2D eigenvalue weighted by Gasteiger charge is -2.12. The lowest BCUT2D eigenvalue weighted by molar-refractivity contribution is -0.120. The SMILES string of the molecule is COc1ccc(CCNC(=O)C(C)Sc2ncnc3ccsc23)cc1. The van der Waals surface area contributed by atoms with Crippen LogP contribution in [0.2, 0.25) is 0 Å². The van der Waals surface area contributed by atoms with Gasteiger partial charge in [-0.1, -0.05) is 23.9 Å². The molecule has 2 aromatic heterocycles. The number of carbonyl (C=O) groups excluding carboxylic acids is 1. The Kier molecular flexibility index (Phi) is 5.88. The van der Waals surface area contributed by atoms with Gasteiger partial charge < -0.3 is 10.1 Å². The standard InChI is InChI=1S/C18H19N3O2S2/c1-12(25-18-16-15(8-10-24-16)20-11-21-18)17(22)19-9-7-13-3-5-14(23-2)6-4-13/h3-6,8,10-12H,7,9H2,1-2H3,(H,19,22). The van der Waals surface area contributed by atoms with Gasteiger partial charge in [-0.25, -0.2) is 9.97 Å². The number of nitrogens with one attached hydrogen (secondary N) is 1. The molecule has 0 radical (unpaired) electrons. The van der Waals surface area contributed by atoms with Crippen LogP contribution in [0.5, 0.6) is 5.75 Å². The number of aromatic nitrogens is 2. The zero-order valence-corrected chi connectivity index (χ0v) is 15.7. The highest BCUT2D eigenvalue weighted by Crippen LogP contribution is 2.31. The van der Waals surface area contributed by atoms with Crippen molar-refractivity contribution in [1.82, 2.24) is 15.3 Å². The molecular weight excluding hydrogens is 354 g/mol. The van der Waals surface area contributed by atoms with Crippen LogP contribution in [0.1, 0.15) is 12.5 Å². The molecule has 0 spiro atoms. The minimum atomic E-state index is -0.212. The van der Waals surface area contributed by atoms with Crippen LogP contribution < -0.4 is 10.1 Å². The van der Waals surface area contributed by atoms with E-state index in [0.29, 0.717) is 6.54 Å². The summed E-state index contributed by atoms with van der Waals surface area (Å²) >= 11 is 3.07. The smallest absolute Gasteiger partial charge is 0.233 e. The highest BCUT2D eigenvalue weighted by Gasteiger charge is 2.17. The summed E-state index contributed by atoms with van der Waals surface area (Å²) in [5.74, 6) is 0.851. The summed E-state index contributed by atoms with van der Waals surface area (Å²) in [5.41, 5.74) is 2.09. The van der Waals surface area contributed by atoms with Gasteiger partial charge in [0.15, 0.2) is 0 Å². The number of methoxy groups -OCH3 is 1. The van der Waals surface area contributed by atoms with Gasteiger partial charge in [0.2, 0.25) is 5.91 Å². The van der Waals surface area contributed by atoms with E-state index < -0.39 is 0 Å². The molecule has 3 rings (SSSR count). The summed E-state index contributed by atoms with van der Waals surface area (Å²) in [5, 5.41) is 5.63. The van der Waals surface area contributed by atoms with Gasteiger partial charge in [0.1, 0.15) is 17.1 Å².